The van der Waals surface area contributed by atoms with Gasteiger partial charge in [-0.2, -0.15) is 11.8 Å². The molecular formula is C15H15BrFNS2. The average Bonchev–Trinajstić information content (AvgIpc) is 2.81. The third-order valence-corrected chi connectivity index (χ3v) is 6.22. The summed E-state index contributed by atoms with van der Waals surface area (Å²) < 4.78 is 14.2. The molecule has 1 aliphatic rings. The van der Waals surface area contributed by atoms with E-state index in [-0.39, 0.29) is 11.9 Å². The van der Waals surface area contributed by atoms with Crippen LogP contribution in [0.1, 0.15) is 26.9 Å². The molecule has 106 valence electrons. The van der Waals surface area contributed by atoms with Gasteiger partial charge >= 0.3 is 0 Å². The molecule has 0 radical (unpaired) electrons. The van der Waals surface area contributed by atoms with Crippen LogP contribution in [0.5, 0.6) is 0 Å². The number of fused-ring (bicyclic) bond motifs is 1. The maximum absolute atomic E-state index is 13.4. The minimum Gasteiger partial charge on any atom is -0.323 e. The Labute approximate surface area is 134 Å². The summed E-state index contributed by atoms with van der Waals surface area (Å²) in [5.74, 6) is 2.09. The molecule has 0 bridgehead atoms. The molecule has 1 nitrogen and oxygen atoms in total. The molecule has 1 aliphatic heterocycles. The van der Waals surface area contributed by atoms with Crippen LogP contribution in [0.2, 0.25) is 0 Å². The van der Waals surface area contributed by atoms with Crippen molar-refractivity contribution >= 4 is 39.0 Å². The Bertz CT molecular complexity index is 583. The van der Waals surface area contributed by atoms with Gasteiger partial charge in [0.25, 0.3) is 0 Å². The normalized spacial score (nSPS) is 15.9. The van der Waals surface area contributed by atoms with Crippen LogP contribution in [0, 0.1) is 5.82 Å². The molecule has 2 N–H and O–H groups in total. The number of nitrogens with two attached hydrogens (primary N) is 1. The summed E-state index contributed by atoms with van der Waals surface area (Å²) in [6, 6.07) is 7.16. The minimum atomic E-state index is -0.219. The Morgan fingerprint density at radius 3 is 2.90 bits per heavy atom. The summed E-state index contributed by atoms with van der Waals surface area (Å²) in [5, 5.41) is 0. The van der Waals surface area contributed by atoms with E-state index < -0.39 is 0 Å². The molecule has 0 amide bonds. The number of hydrogen-bond acceptors (Lipinski definition) is 3. The predicted molar refractivity (Wildman–Crippen MR) is 88.9 cm³/mol. The van der Waals surface area contributed by atoms with Crippen molar-refractivity contribution in [3.05, 3.63) is 55.4 Å². The van der Waals surface area contributed by atoms with E-state index in [1.54, 1.807) is 6.07 Å². The highest BCUT2D eigenvalue weighted by Crippen LogP contribution is 2.34. The van der Waals surface area contributed by atoms with E-state index in [1.165, 1.54) is 27.1 Å². The Morgan fingerprint density at radius 2 is 2.15 bits per heavy atom. The van der Waals surface area contributed by atoms with Crippen molar-refractivity contribution in [3.8, 4) is 0 Å². The number of aryl methyl sites for hydroxylation is 1. The van der Waals surface area contributed by atoms with E-state index in [9.17, 15) is 4.39 Å². The van der Waals surface area contributed by atoms with Gasteiger partial charge in [0, 0.05) is 26.0 Å². The second-order valence-corrected chi connectivity index (χ2v) is 8.18. The van der Waals surface area contributed by atoms with Gasteiger partial charge in [-0.3, -0.25) is 0 Å². The monoisotopic (exact) mass is 371 g/mol. The van der Waals surface area contributed by atoms with Crippen LogP contribution in [0.4, 0.5) is 4.39 Å². The molecule has 1 atom stereocenters. The first-order valence-electron chi connectivity index (χ1n) is 6.51. The third kappa shape index (κ3) is 3.27. The smallest absolute Gasteiger partial charge is 0.124 e. The van der Waals surface area contributed by atoms with Gasteiger partial charge in [0.05, 0.1) is 0 Å². The van der Waals surface area contributed by atoms with E-state index in [0.717, 1.165) is 22.2 Å². The molecule has 0 aliphatic carbocycles. The molecule has 0 saturated heterocycles. The van der Waals surface area contributed by atoms with Gasteiger partial charge in [-0.15, -0.1) is 11.3 Å². The van der Waals surface area contributed by atoms with Crippen LogP contribution >= 0.6 is 39.0 Å². The largest absolute Gasteiger partial charge is 0.323 e. The lowest BCUT2D eigenvalue weighted by Gasteiger charge is -2.10. The van der Waals surface area contributed by atoms with Gasteiger partial charge in [0.15, 0.2) is 0 Å². The molecule has 3 rings (SSSR count). The van der Waals surface area contributed by atoms with Crippen molar-refractivity contribution < 1.29 is 4.39 Å². The lowest BCUT2D eigenvalue weighted by molar-refractivity contribution is 0.621. The molecule has 20 heavy (non-hydrogen) atoms. The number of benzene rings is 1. The Hall–Kier alpha value is -0.360. The summed E-state index contributed by atoms with van der Waals surface area (Å²) in [7, 11) is 0. The van der Waals surface area contributed by atoms with E-state index in [1.807, 2.05) is 29.2 Å². The summed E-state index contributed by atoms with van der Waals surface area (Å²) in [5.41, 5.74) is 8.68. The van der Waals surface area contributed by atoms with Crippen LogP contribution in [-0.2, 0) is 18.6 Å². The first kappa shape index (κ1) is 14.6. The van der Waals surface area contributed by atoms with Crippen molar-refractivity contribution in [1.82, 2.24) is 0 Å². The van der Waals surface area contributed by atoms with Crippen molar-refractivity contribution in [1.29, 1.82) is 0 Å². The Kier molecular flexibility index (Phi) is 4.50. The van der Waals surface area contributed by atoms with Crippen molar-refractivity contribution in [2.45, 2.75) is 24.6 Å². The standard InChI is InChI=1S/C15H15BrFNS2/c16-11-3-9(4-12(17)7-11)5-13(18)15-6-10-8-19-2-1-14(10)20-15/h3-4,6-7,13H,1-2,5,8,18H2. The predicted octanol–water partition coefficient (Wildman–Crippen LogP) is 4.68. The molecule has 1 aromatic heterocycles. The first-order valence-corrected chi connectivity index (χ1v) is 9.28. The SMILES string of the molecule is NC(Cc1cc(F)cc(Br)c1)c1cc2c(s1)CCSC2. The summed E-state index contributed by atoms with van der Waals surface area (Å²) in [4.78, 5) is 2.70. The molecule has 0 fully saturated rings. The first-order chi connectivity index (χ1) is 9.61. The summed E-state index contributed by atoms with van der Waals surface area (Å²) in [6.45, 7) is 0. The van der Waals surface area contributed by atoms with Gasteiger partial charge in [-0.25, -0.2) is 4.39 Å². The average molecular weight is 372 g/mol. The number of hydrogen-bond donors (Lipinski definition) is 1. The number of thioether (sulfide) groups is 1. The third-order valence-electron chi connectivity index (χ3n) is 3.39. The van der Waals surface area contributed by atoms with E-state index in [2.05, 4.69) is 22.0 Å². The second-order valence-electron chi connectivity index (χ2n) is 4.99. The topological polar surface area (TPSA) is 26.0 Å². The van der Waals surface area contributed by atoms with Gasteiger partial charge in [-0.05, 0) is 54.0 Å². The van der Waals surface area contributed by atoms with Crippen LogP contribution in [0.3, 0.4) is 0 Å². The van der Waals surface area contributed by atoms with Crippen molar-refractivity contribution in [2.24, 2.45) is 5.73 Å². The second kappa shape index (κ2) is 6.18. The Balaban J connectivity index is 1.78. The van der Waals surface area contributed by atoms with Gasteiger partial charge < -0.3 is 5.73 Å². The number of rotatable bonds is 3. The fourth-order valence-electron chi connectivity index (χ4n) is 2.44. The number of thiophene rings is 1. The zero-order chi connectivity index (χ0) is 14.1. The van der Waals surface area contributed by atoms with Crippen LogP contribution in [0.25, 0.3) is 0 Å². The maximum atomic E-state index is 13.4. The maximum Gasteiger partial charge on any atom is 0.124 e. The van der Waals surface area contributed by atoms with Crippen LogP contribution < -0.4 is 5.73 Å². The fourth-order valence-corrected chi connectivity index (χ4v) is 5.33. The van der Waals surface area contributed by atoms with Crippen molar-refractivity contribution in [2.75, 3.05) is 5.75 Å². The quantitative estimate of drug-likeness (QED) is 0.847. The molecular weight excluding hydrogens is 357 g/mol. The summed E-state index contributed by atoms with van der Waals surface area (Å²) >= 11 is 7.13. The highest BCUT2D eigenvalue weighted by Gasteiger charge is 2.17. The molecule has 0 saturated carbocycles. The zero-order valence-electron chi connectivity index (χ0n) is 10.9. The van der Waals surface area contributed by atoms with Crippen molar-refractivity contribution in [3.63, 3.8) is 0 Å². The molecule has 2 aromatic rings. The highest BCUT2D eigenvalue weighted by atomic mass is 79.9. The number of halogens is 2. The van der Waals surface area contributed by atoms with E-state index >= 15 is 0 Å². The molecule has 5 heteroatoms. The Morgan fingerprint density at radius 1 is 1.30 bits per heavy atom. The lowest BCUT2D eigenvalue weighted by Crippen LogP contribution is -2.12. The lowest BCUT2D eigenvalue weighted by atomic mass is 10.0. The summed E-state index contributed by atoms with van der Waals surface area (Å²) in [6.07, 6.45) is 1.83. The zero-order valence-corrected chi connectivity index (χ0v) is 14.1. The van der Waals surface area contributed by atoms with Gasteiger partial charge in [0.1, 0.15) is 5.82 Å². The van der Waals surface area contributed by atoms with Gasteiger partial charge in [-0.1, -0.05) is 15.9 Å². The minimum absolute atomic E-state index is 0.0516. The molecule has 1 aromatic carbocycles. The van der Waals surface area contributed by atoms with Crippen LogP contribution in [-0.4, -0.2) is 5.75 Å². The van der Waals surface area contributed by atoms with Crippen LogP contribution in [0.15, 0.2) is 28.7 Å². The van der Waals surface area contributed by atoms with E-state index in [4.69, 9.17) is 5.73 Å². The molecule has 0 spiro atoms. The fraction of sp³-hybridized carbons (Fsp3) is 0.333. The molecule has 1 unspecified atom stereocenters. The molecule has 2 heterocycles. The van der Waals surface area contributed by atoms with E-state index in [0.29, 0.717) is 6.42 Å². The highest BCUT2D eigenvalue weighted by molar-refractivity contribution is 9.10. The van der Waals surface area contributed by atoms with Gasteiger partial charge in [0.2, 0.25) is 0 Å².